The molecule has 0 aliphatic heterocycles. The Labute approximate surface area is 103 Å². The number of carboxylic acids is 1. The number of aryl methyl sites for hydroxylation is 1. The summed E-state index contributed by atoms with van der Waals surface area (Å²) in [6, 6.07) is 0. The second-order valence-electron chi connectivity index (χ2n) is 4.05. The summed E-state index contributed by atoms with van der Waals surface area (Å²) in [4.78, 5) is 21.6. The lowest BCUT2D eigenvalue weighted by Crippen LogP contribution is -2.16. The van der Waals surface area contributed by atoms with Crippen LogP contribution in [0.15, 0.2) is 21.2 Å². The number of carboxylic acid groups (broad SMARTS) is 1. The quantitative estimate of drug-likeness (QED) is 0.835. The van der Waals surface area contributed by atoms with E-state index in [-0.39, 0.29) is 6.54 Å². The number of aromatic nitrogens is 2. The molecular formula is C11H15FN2O4. The number of rotatable bonds is 6. The molecule has 0 fully saturated rings. The predicted molar refractivity (Wildman–Crippen MR) is 60.7 cm³/mol. The Morgan fingerprint density at radius 2 is 2.33 bits per heavy atom. The first-order chi connectivity index (χ1) is 8.41. The van der Waals surface area contributed by atoms with Gasteiger partial charge in [0.05, 0.1) is 12.5 Å². The summed E-state index contributed by atoms with van der Waals surface area (Å²) < 4.78 is 18.9. The first-order valence-corrected chi connectivity index (χ1v) is 5.52. The Hall–Kier alpha value is -1.92. The predicted octanol–water partition coefficient (Wildman–Crippen LogP) is 1.50. The third kappa shape index (κ3) is 3.83. The highest BCUT2D eigenvalue weighted by molar-refractivity contribution is 5.69. The Bertz CT molecular complexity index is 503. The largest absolute Gasteiger partial charge is 0.481 e. The summed E-state index contributed by atoms with van der Waals surface area (Å²) in [5.74, 6) is -2.36. The standard InChI is InChI=1S/C11H15FN2O4/c1-7(10(15)16)4-3-5-9(12)6-14-8(2)13-18-11(14)17/h5,7H,3-4,6H2,1-2H3,(H,15,16). The van der Waals surface area contributed by atoms with Crippen LogP contribution in [0, 0.1) is 12.8 Å². The number of hydrogen-bond donors (Lipinski definition) is 1. The average molecular weight is 258 g/mol. The van der Waals surface area contributed by atoms with E-state index in [0.717, 1.165) is 4.57 Å². The Kier molecular flexibility index (Phi) is 4.82. The fourth-order valence-electron chi connectivity index (χ4n) is 1.34. The number of hydrogen-bond acceptors (Lipinski definition) is 4. The first kappa shape index (κ1) is 14.1. The first-order valence-electron chi connectivity index (χ1n) is 5.52. The van der Waals surface area contributed by atoms with Crippen molar-refractivity contribution in [1.29, 1.82) is 0 Å². The monoisotopic (exact) mass is 258 g/mol. The van der Waals surface area contributed by atoms with Crippen molar-refractivity contribution in [2.24, 2.45) is 5.92 Å². The van der Waals surface area contributed by atoms with Gasteiger partial charge < -0.3 is 5.11 Å². The highest BCUT2D eigenvalue weighted by atomic mass is 19.1. The van der Waals surface area contributed by atoms with Crippen molar-refractivity contribution in [3.63, 3.8) is 0 Å². The van der Waals surface area contributed by atoms with Gasteiger partial charge >= 0.3 is 11.7 Å². The van der Waals surface area contributed by atoms with Crippen molar-refractivity contribution < 1.29 is 18.8 Å². The molecule has 18 heavy (non-hydrogen) atoms. The summed E-state index contributed by atoms with van der Waals surface area (Å²) in [6.45, 7) is 2.85. The van der Waals surface area contributed by atoms with E-state index < -0.39 is 23.5 Å². The number of nitrogens with zero attached hydrogens (tertiary/aromatic N) is 2. The zero-order chi connectivity index (χ0) is 13.7. The Balaban J connectivity index is 2.53. The van der Waals surface area contributed by atoms with E-state index in [9.17, 15) is 14.0 Å². The zero-order valence-electron chi connectivity index (χ0n) is 10.2. The van der Waals surface area contributed by atoms with Crippen LogP contribution in [0.2, 0.25) is 0 Å². The molecule has 0 spiro atoms. The van der Waals surface area contributed by atoms with Crippen molar-refractivity contribution in [3.8, 4) is 0 Å². The third-order valence-electron chi connectivity index (χ3n) is 2.56. The van der Waals surface area contributed by atoms with Crippen LogP contribution < -0.4 is 5.76 Å². The molecule has 0 bridgehead atoms. The van der Waals surface area contributed by atoms with Crippen molar-refractivity contribution >= 4 is 5.97 Å². The minimum atomic E-state index is -0.907. The van der Waals surface area contributed by atoms with Gasteiger partial charge in [0.25, 0.3) is 0 Å². The molecule has 1 rings (SSSR count). The number of carbonyl (C=O) groups is 1. The molecule has 0 saturated carbocycles. The molecule has 1 aromatic heterocycles. The summed E-state index contributed by atoms with van der Waals surface area (Å²) in [5, 5.41) is 12.1. The molecule has 0 amide bonds. The highest BCUT2D eigenvalue weighted by Crippen LogP contribution is 2.10. The molecule has 0 aliphatic carbocycles. The number of allylic oxidation sites excluding steroid dienone is 2. The molecule has 1 N–H and O–H groups in total. The number of aliphatic carboxylic acids is 1. The molecule has 0 aliphatic rings. The third-order valence-corrected chi connectivity index (χ3v) is 2.56. The smallest absolute Gasteiger partial charge is 0.441 e. The van der Waals surface area contributed by atoms with Crippen molar-refractivity contribution in [2.45, 2.75) is 33.2 Å². The molecule has 1 unspecified atom stereocenters. The molecule has 1 aromatic rings. The van der Waals surface area contributed by atoms with E-state index in [1.165, 1.54) is 13.0 Å². The van der Waals surface area contributed by atoms with E-state index in [1.807, 2.05) is 0 Å². The van der Waals surface area contributed by atoms with E-state index in [4.69, 9.17) is 5.11 Å². The molecule has 6 nitrogen and oxygen atoms in total. The maximum Gasteiger partial charge on any atom is 0.441 e. The molecule has 1 atom stereocenters. The normalized spacial score (nSPS) is 13.6. The van der Waals surface area contributed by atoms with Gasteiger partial charge in [-0.1, -0.05) is 18.2 Å². The van der Waals surface area contributed by atoms with Gasteiger partial charge in [-0.3, -0.25) is 13.9 Å². The molecule has 100 valence electrons. The average Bonchev–Trinajstić information content (AvgIpc) is 2.60. The van der Waals surface area contributed by atoms with Crippen LogP contribution in [0.1, 0.15) is 25.6 Å². The Morgan fingerprint density at radius 3 is 2.83 bits per heavy atom. The SMILES string of the molecule is Cc1noc(=O)n1CC(F)=CCCC(C)C(=O)O. The van der Waals surface area contributed by atoms with E-state index in [2.05, 4.69) is 9.68 Å². The maximum atomic E-state index is 13.5. The molecule has 7 heteroatoms. The minimum absolute atomic E-state index is 0.240. The van der Waals surface area contributed by atoms with Crippen LogP contribution in [0.5, 0.6) is 0 Å². The minimum Gasteiger partial charge on any atom is -0.481 e. The molecule has 1 heterocycles. The van der Waals surface area contributed by atoms with Crippen molar-refractivity contribution in [3.05, 3.63) is 28.3 Å². The van der Waals surface area contributed by atoms with Crippen LogP contribution >= 0.6 is 0 Å². The van der Waals surface area contributed by atoms with Gasteiger partial charge in [-0.15, -0.1) is 0 Å². The van der Waals surface area contributed by atoms with Gasteiger partial charge in [0.2, 0.25) is 0 Å². The van der Waals surface area contributed by atoms with Gasteiger partial charge in [0.15, 0.2) is 5.82 Å². The van der Waals surface area contributed by atoms with Crippen LogP contribution in [0.3, 0.4) is 0 Å². The van der Waals surface area contributed by atoms with Gasteiger partial charge in [0.1, 0.15) is 5.83 Å². The fraction of sp³-hybridized carbons (Fsp3) is 0.545. The van der Waals surface area contributed by atoms with Gasteiger partial charge in [-0.05, 0) is 19.8 Å². The van der Waals surface area contributed by atoms with Crippen molar-refractivity contribution in [1.82, 2.24) is 9.72 Å². The molecule has 0 radical (unpaired) electrons. The maximum absolute atomic E-state index is 13.5. The summed E-state index contributed by atoms with van der Waals surface area (Å²) in [7, 11) is 0. The van der Waals surface area contributed by atoms with Crippen LogP contribution in [0.25, 0.3) is 0 Å². The van der Waals surface area contributed by atoms with Gasteiger partial charge in [0, 0.05) is 0 Å². The van der Waals surface area contributed by atoms with Crippen LogP contribution in [0.4, 0.5) is 4.39 Å². The lowest BCUT2D eigenvalue weighted by atomic mass is 10.1. The lowest BCUT2D eigenvalue weighted by molar-refractivity contribution is -0.141. The Morgan fingerprint density at radius 1 is 1.67 bits per heavy atom. The highest BCUT2D eigenvalue weighted by Gasteiger charge is 2.10. The van der Waals surface area contributed by atoms with Crippen molar-refractivity contribution in [2.75, 3.05) is 0 Å². The molecular weight excluding hydrogens is 243 g/mol. The zero-order valence-corrected chi connectivity index (χ0v) is 10.2. The summed E-state index contributed by atoms with van der Waals surface area (Å²) in [6.07, 6.45) is 1.93. The van der Waals surface area contributed by atoms with E-state index >= 15 is 0 Å². The number of halogens is 1. The topological polar surface area (TPSA) is 85.3 Å². The van der Waals surface area contributed by atoms with Gasteiger partial charge in [-0.25, -0.2) is 9.18 Å². The van der Waals surface area contributed by atoms with Crippen LogP contribution in [-0.4, -0.2) is 20.8 Å². The molecule has 0 aromatic carbocycles. The fourth-order valence-corrected chi connectivity index (χ4v) is 1.34. The second kappa shape index (κ2) is 6.13. The van der Waals surface area contributed by atoms with Crippen LogP contribution in [-0.2, 0) is 11.3 Å². The molecule has 0 saturated heterocycles. The van der Waals surface area contributed by atoms with Gasteiger partial charge in [-0.2, -0.15) is 0 Å². The lowest BCUT2D eigenvalue weighted by Gasteiger charge is -2.03. The second-order valence-corrected chi connectivity index (χ2v) is 4.05. The summed E-state index contributed by atoms with van der Waals surface area (Å²) in [5.41, 5.74) is 0. The van der Waals surface area contributed by atoms with E-state index in [0.29, 0.717) is 18.7 Å². The summed E-state index contributed by atoms with van der Waals surface area (Å²) >= 11 is 0. The van der Waals surface area contributed by atoms with E-state index in [1.54, 1.807) is 6.92 Å².